The number of benzene rings is 1. The van der Waals surface area contributed by atoms with Crippen molar-refractivity contribution in [2.75, 3.05) is 0 Å². The summed E-state index contributed by atoms with van der Waals surface area (Å²) in [5, 5.41) is 0.153. The number of hydrogen-bond donors (Lipinski definition) is 0. The van der Waals surface area contributed by atoms with E-state index in [2.05, 4.69) is 4.98 Å². The van der Waals surface area contributed by atoms with E-state index < -0.39 is 16.8 Å². The van der Waals surface area contributed by atoms with Crippen molar-refractivity contribution >= 4 is 22.1 Å². The van der Waals surface area contributed by atoms with Crippen molar-refractivity contribution in [3.63, 3.8) is 0 Å². The average Bonchev–Trinajstić information content (AvgIpc) is 3.10. The Hall–Kier alpha value is -3.42. The van der Waals surface area contributed by atoms with Crippen molar-refractivity contribution in [2.24, 2.45) is 14.1 Å². The Morgan fingerprint density at radius 1 is 1.00 bits per heavy atom. The van der Waals surface area contributed by atoms with Gasteiger partial charge in [0.2, 0.25) is 0 Å². The zero-order chi connectivity index (χ0) is 18.6. The topological polar surface area (TPSA) is 92.0 Å². The van der Waals surface area contributed by atoms with Crippen molar-refractivity contribution in [3.05, 3.63) is 67.4 Å². The van der Waals surface area contributed by atoms with Crippen LogP contribution >= 0.6 is 0 Å². The van der Waals surface area contributed by atoms with Crippen LogP contribution < -0.4 is 16.8 Å². The quantitative estimate of drug-likeness (QED) is 0.538. The van der Waals surface area contributed by atoms with Gasteiger partial charge in [0.25, 0.3) is 11.1 Å². The summed E-state index contributed by atoms with van der Waals surface area (Å²) < 4.78 is 9.29. The number of fused-ring (bicyclic) bond motifs is 3. The second-order valence-electron chi connectivity index (χ2n) is 6.02. The van der Waals surface area contributed by atoms with E-state index in [4.69, 9.17) is 4.42 Å². The molecule has 0 bridgehead atoms. The molecule has 3 heterocycles. The van der Waals surface area contributed by atoms with Gasteiger partial charge < -0.3 is 4.42 Å². The zero-order valence-electron chi connectivity index (χ0n) is 14.5. The molecule has 4 rings (SSSR count). The molecule has 4 aromatic rings. The molecular formula is C18H16N4O4. The van der Waals surface area contributed by atoms with Gasteiger partial charge >= 0.3 is 5.69 Å². The maximum absolute atomic E-state index is 13.1. The Balaban J connectivity index is 2.41. The first-order valence-electron chi connectivity index (χ1n) is 8.15. The maximum Gasteiger partial charge on any atom is 0.332 e. The first kappa shape index (κ1) is 16.1. The van der Waals surface area contributed by atoms with E-state index in [0.717, 1.165) is 4.57 Å². The van der Waals surface area contributed by atoms with E-state index in [1.54, 1.807) is 24.3 Å². The molecule has 0 saturated carbocycles. The Morgan fingerprint density at radius 2 is 1.69 bits per heavy atom. The van der Waals surface area contributed by atoms with Gasteiger partial charge in [-0.25, -0.2) is 9.78 Å². The van der Waals surface area contributed by atoms with Gasteiger partial charge in [0, 0.05) is 20.5 Å². The van der Waals surface area contributed by atoms with Gasteiger partial charge in [0.05, 0.1) is 5.69 Å². The molecule has 0 unspecified atom stereocenters. The van der Waals surface area contributed by atoms with E-state index in [1.807, 2.05) is 13.0 Å². The van der Waals surface area contributed by atoms with E-state index >= 15 is 0 Å². The number of para-hydroxylation sites is 1. The Labute approximate surface area is 146 Å². The number of hydrogen-bond acceptors (Lipinski definition) is 5. The molecule has 0 saturated heterocycles. The monoisotopic (exact) mass is 352 g/mol. The molecule has 0 spiro atoms. The number of aromatic nitrogens is 4. The highest BCUT2D eigenvalue weighted by Crippen LogP contribution is 2.22. The van der Waals surface area contributed by atoms with Crippen molar-refractivity contribution in [1.29, 1.82) is 0 Å². The van der Waals surface area contributed by atoms with Crippen LogP contribution in [0.5, 0.6) is 0 Å². The molecule has 0 aliphatic rings. The van der Waals surface area contributed by atoms with Gasteiger partial charge in [-0.2, -0.15) is 0 Å². The fraction of sp³-hybridized carbons (Fsp3) is 0.222. The lowest BCUT2D eigenvalue weighted by atomic mass is 10.2. The number of aryl methyl sites for hydroxylation is 2. The highest BCUT2D eigenvalue weighted by atomic mass is 16.3. The molecule has 0 radical (unpaired) electrons. The molecule has 1 aromatic carbocycles. The fourth-order valence-corrected chi connectivity index (χ4v) is 3.14. The summed E-state index contributed by atoms with van der Waals surface area (Å²) in [6.07, 6.45) is 0.479. The predicted octanol–water partition coefficient (Wildman–Crippen LogP) is 1.09. The molecule has 0 atom stereocenters. The predicted molar refractivity (Wildman–Crippen MR) is 97.0 cm³/mol. The third-order valence-electron chi connectivity index (χ3n) is 4.47. The third kappa shape index (κ3) is 2.01. The molecule has 0 N–H and O–H groups in total. The highest BCUT2D eigenvalue weighted by molar-refractivity contribution is 5.99. The SMILES string of the molecule is CCc1nc2c(=O)n(-c3ccccc3)c3c(c(=O)n(C)c(=O)n3C)c2o1. The van der Waals surface area contributed by atoms with E-state index in [9.17, 15) is 14.4 Å². The number of pyridine rings is 1. The summed E-state index contributed by atoms with van der Waals surface area (Å²) in [4.78, 5) is 42.7. The molecule has 0 aliphatic carbocycles. The van der Waals surface area contributed by atoms with E-state index in [1.165, 1.54) is 23.2 Å². The fourth-order valence-electron chi connectivity index (χ4n) is 3.14. The normalized spacial score (nSPS) is 11.5. The number of rotatable bonds is 2. The van der Waals surface area contributed by atoms with Crippen LogP contribution in [0.25, 0.3) is 27.8 Å². The van der Waals surface area contributed by atoms with Crippen molar-refractivity contribution in [3.8, 4) is 5.69 Å². The van der Waals surface area contributed by atoms with Gasteiger partial charge in [-0.3, -0.25) is 23.3 Å². The lowest BCUT2D eigenvalue weighted by Gasteiger charge is -2.14. The van der Waals surface area contributed by atoms with E-state index in [-0.39, 0.29) is 22.1 Å². The second-order valence-corrected chi connectivity index (χ2v) is 6.02. The third-order valence-corrected chi connectivity index (χ3v) is 4.47. The van der Waals surface area contributed by atoms with Crippen LogP contribution in [-0.4, -0.2) is 18.7 Å². The second kappa shape index (κ2) is 5.55. The highest BCUT2D eigenvalue weighted by Gasteiger charge is 2.23. The summed E-state index contributed by atoms with van der Waals surface area (Å²) in [6.45, 7) is 1.84. The number of nitrogens with zero attached hydrogens (tertiary/aromatic N) is 4. The summed E-state index contributed by atoms with van der Waals surface area (Å²) in [6, 6.07) is 8.83. The van der Waals surface area contributed by atoms with Gasteiger partial charge in [0.1, 0.15) is 11.0 Å². The van der Waals surface area contributed by atoms with Crippen molar-refractivity contribution < 1.29 is 4.42 Å². The molecule has 26 heavy (non-hydrogen) atoms. The van der Waals surface area contributed by atoms with Crippen LogP contribution in [0.3, 0.4) is 0 Å². The summed E-state index contributed by atoms with van der Waals surface area (Å²) in [5.74, 6) is 0.361. The lowest BCUT2D eigenvalue weighted by Crippen LogP contribution is -2.39. The minimum Gasteiger partial charge on any atom is -0.439 e. The molecule has 0 amide bonds. The molecule has 3 aromatic heterocycles. The standard InChI is InChI=1S/C18H16N4O4/c1-4-11-19-13-14(26-11)12-15(20(2)18(25)21(3)16(12)23)22(17(13)24)10-8-6-5-7-9-10/h5-9H,4H2,1-3H3. The smallest absolute Gasteiger partial charge is 0.332 e. The first-order valence-corrected chi connectivity index (χ1v) is 8.15. The van der Waals surface area contributed by atoms with Crippen LogP contribution in [0.15, 0.2) is 49.1 Å². The van der Waals surface area contributed by atoms with Crippen LogP contribution in [-0.2, 0) is 20.5 Å². The van der Waals surface area contributed by atoms with Crippen LogP contribution in [0, 0.1) is 0 Å². The molecule has 8 heteroatoms. The summed E-state index contributed by atoms with van der Waals surface area (Å²) in [5.41, 5.74) is -0.586. The summed E-state index contributed by atoms with van der Waals surface area (Å²) in [7, 11) is 2.91. The van der Waals surface area contributed by atoms with Gasteiger partial charge in [-0.15, -0.1) is 0 Å². The largest absolute Gasteiger partial charge is 0.439 e. The van der Waals surface area contributed by atoms with Gasteiger partial charge in [-0.05, 0) is 12.1 Å². The van der Waals surface area contributed by atoms with Crippen LogP contribution in [0.1, 0.15) is 12.8 Å². The van der Waals surface area contributed by atoms with Crippen molar-refractivity contribution in [2.45, 2.75) is 13.3 Å². The molecule has 0 aliphatic heterocycles. The Morgan fingerprint density at radius 3 is 2.35 bits per heavy atom. The molecule has 0 fully saturated rings. The van der Waals surface area contributed by atoms with E-state index in [0.29, 0.717) is 18.0 Å². The van der Waals surface area contributed by atoms with Crippen molar-refractivity contribution in [1.82, 2.24) is 18.7 Å². The first-order chi connectivity index (χ1) is 12.5. The van der Waals surface area contributed by atoms with Gasteiger partial charge in [-0.1, -0.05) is 25.1 Å². The average molecular weight is 352 g/mol. The molecule has 132 valence electrons. The Bertz CT molecular complexity index is 1340. The number of oxazole rings is 1. The lowest BCUT2D eigenvalue weighted by molar-refractivity contribution is 0.539. The minimum atomic E-state index is -0.531. The Kier molecular flexibility index (Phi) is 3.43. The van der Waals surface area contributed by atoms with Crippen LogP contribution in [0.4, 0.5) is 0 Å². The summed E-state index contributed by atoms with van der Waals surface area (Å²) >= 11 is 0. The van der Waals surface area contributed by atoms with Crippen LogP contribution in [0.2, 0.25) is 0 Å². The maximum atomic E-state index is 13.1. The van der Waals surface area contributed by atoms with Gasteiger partial charge in [0.15, 0.2) is 17.0 Å². The molecular weight excluding hydrogens is 336 g/mol. The molecule has 8 nitrogen and oxygen atoms in total. The zero-order valence-corrected chi connectivity index (χ0v) is 14.5. The minimum absolute atomic E-state index is 0.0777.